The van der Waals surface area contributed by atoms with E-state index in [1.807, 2.05) is 0 Å². The Morgan fingerprint density at radius 2 is 1.88 bits per heavy atom. The SMILES string of the molecule is C[C@H](NC(CCc1ccc(CNS(=O)(=O)c2cc3c(cc2Cl)NCNS3)cc1)C(=O)O)C(=O)N1CCC[C@H]1C(=O)O. The van der Waals surface area contributed by atoms with Crippen LogP contribution in [0.1, 0.15) is 37.3 Å². The zero-order chi connectivity index (χ0) is 29.7. The predicted molar refractivity (Wildman–Crippen MR) is 154 cm³/mol. The topological polar surface area (TPSA) is 177 Å². The molecule has 41 heavy (non-hydrogen) atoms. The number of rotatable bonds is 12. The third kappa shape index (κ3) is 7.70. The smallest absolute Gasteiger partial charge is 0.326 e. The van der Waals surface area contributed by atoms with Crippen LogP contribution in [0.5, 0.6) is 0 Å². The lowest BCUT2D eigenvalue weighted by Gasteiger charge is -2.27. The van der Waals surface area contributed by atoms with Crippen molar-refractivity contribution in [3.8, 4) is 0 Å². The molecule has 0 spiro atoms. The van der Waals surface area contributed by atoms with Gasteiger partial charge in [-0.15, -0.1) is 0 Å². The number of sulfonamides is 1. The molecule has 0 bridgehead atoms. The molecule has 0 aliphatic carbocycles. The van der Waals surface area contributed by atoms with Gasteiger partial charge in [-0.1, -0.05) is 35.9 Å². The number of amides is 1. The molecule has 1 amide bonds. The van der Waals surface area contributed by atoms with Gasteiger partial charge in [-0.25, -0.2) is 22.7 Å². The third-order valence-electron chi connectivity index (χ3n) is 7.01. The number of hydrogen-bond acceptors (Lipinski definition) is 9. The Morgan fingerprint density at radius 1 is 1.17 bits per heavy atom. The first-order valence-corrected chi connectivity index (χ1v) is 15.7. The van der Waals surface area contributed by atoms with Crippen LogP contribution in [0.15, 0.2) is 46.2 Å². The van der Waals surface area contributed by atoms with Gasteiger partial charge in [-0.2, -0.15) is 0 Å². The van der Waals surface area contributed by atoms with Gasteiger partial charge in [0.1, 0.15) is 17.0 Å². The molecule has 12 nitrogen and oxygen atoms in total. The number of anilines is 1. The van der Waals surface area contributed by atoms with E-state index in [-0.39, 0.29) is 22.9 Å². The van der Waals surface area contributed by atoms with Gasteiger partial charge in [0.15, 0.2) is 0 Å². The van der Waals surface area contributed by atoms with E-state index in [9.17, 15) is 33.0 Å². The summed E-state index contributed by atoms with van der Waals surface area (Å²) in [5.41, 5.74) is 2.30. The number of fused-ring (bicyclic) bond motifs is 1. The molecule has 6 N–H and O–H groups in total. The summed E-state index contributed by atoms with van der Waals surface area (Å²) in [5, 5.41) is 25.1. The van der Waals surface area contributed by atoms with E-state index in [0.29, 0.717) is 38.0 Å². The molecule has 2 aromatic rings. The summed E-state index contributed by atoms with van der Waals surface area (Å²) in [6, 6.07) is 7.43. The van der Waals surface area contributed by atoms with Crippen LogP contribution in [0.4, 0.5) is 5.69 Å². The third-order valence-corrected chi connectivity index (χ3v) is 9.72. The Labute approximate surface area is 247 Å². The highest BCUT2D eigenvalue weighted by Crippen LogP contribution is 2.35. The number of halogens is 1. The molecule has 0 aromatic heterocycles. The molecule has 15 heteroatoms. The predicted octanol–water partition coefficient (Wildman–Crippen LogP) is 2.24. The lowest BCUT2D eigenvalue weighted by Crippen LogP contribution is -2.53. The van der Waals surface area contributed by atoms with Gasteiger partial charge in [0.25, 0.3) is 0 Å². The zero-order valence-corrected chi connectivity index (χ0v) is 24.6. The maximum Gasteiger partial charge on any atom is 0.326 e. The second-order valence-electron chi connectivity index (χ2n) is 9.87. The number of nitrogens with one attached hydrogen (secondary N) is 4. The summed E-state index contributed by atoms with van der Waals surface area (Å²) in [6.45, 7) is 2.44. The number of carbonyl (C=O) groups excluding carboxylic acids is 1. The van der Waals surface area contributed by atoms with E-state index in [1.165, 1.54) is 29.8 Å². The van der Waals surface area contributed by atoms with Crippen LogP contribution >= 0.6 is 23.5 Å². The number of hydrogen-bond donors (Lipinski definition) is 6. The number of aliphatic carboxylic acids is 2. The van der Waals surface area contributed by atoms with Crippen molar-refractivity contribution >= 4 is 57.1 Å². The molecule has 2 aliphatic heterocycles. The minimum absolute atomic E-state index is 0.0179. The second-order valence-corrected chi connectivity index (χ2v) is 12.9. The molecule has 222 valence electrons. The Bertz CT molecular complexity index is 1410. The fourth-order valence-corrected chi connectivity index (χ4v) is 7.15. The molecule has 1 unspecified atom stereocenters. The summed E-state index contributed by atoms with van der Waals surface area (Å²) in [7, 11) is -3.88. The zero-order valence-electron chi connectivity index (χ0n) is 22.2. The maximum absolute atomic E-state index is 12.9. The number of carboxylic acid groups (broad SMARTS) is 2. The van der Waals surface area contributed by atoms with Gasteiger partial charge >= 0.3 is 11.9 Å². The number of carboxylic acids is 2. The summed E-state index contributed by atoms with van der Waals surface area (Å²) < 4.78 is 31.5. The highest BCUT2D eigenvalue weighted by molar-refractivity contribution is 7.97. The summed E-state index contributed by atoms with van der Waals surface area (Å²) in [5.74, 6) is -2.61. The van der Waals surface area contributed by atoms with E-state index < -0.39 is 46.0 Å². The first-order valence-electron chi connectivity index (χ1n) is 13.0. The average Bonchev–Trinajstić information content (AvgIpc) is 3.44. The molecule has 2 heterocycles. The highest BCUT2D eigenvalue weighted by Gasteiger charge is 2.36. The minimum Gasteiger partial charge on any atom is -0.480 e. The van der Waals surface area contributed by atoms with Crippen LogP contribution in [-0.4, -0.2) is 72.7 Å². The van der Waals surface area contributed by atoms with E-state index in [0.717, 1.165) is 16.1 Å². The van der Waals surface area contributed by atoms with Crippen LogP contribution < -0.4 is 20.1 Å². The molecule has 0 radical (unpaired) electrons. The normalized spacial score (nSPS) is 18.3. The first kappa shape index (κ1) is 31.1. The molecule has 2 aliphatic rings. The molecule has 3 atom stereocenters. The van der Waals surface area contributed by atoms with Gasteiger partial charge in [0, 0.05) is 18.0 Å². The summed E-state index contributed by atoms with van der Waals surface area (Å²) in [4.78, 5) is 38.1. The van der Waals surface area contributed by atoms with Crippen molar-refractivity contribution in [3.05, 3.63) is 52.5 Å². The molecule has 1 fully saturated rings. The fourth-order valence-electron chi connectivity index (χ4n) is 4.79. The minimum atomic E-state index is -3.88. The highest BCUT2D eigenvalue weighted by atomic mass is 35.5. The van der Waals surface area contributed by atoms with E-state index in [2.05, 4.69) is 20.1 Å². The Balaban J connectivity index is 1.31. The van der Waals surface area contributed by atoms with Crippen LogP contribution in [0.2, 0.25) is 5.02 Å². The van der Waals surface area contributed by atoms with Crippen molar-refractivity contribution in [1.29, 1.82) is 0 Å². The largest absolute Gasteiger partial charge is 0.480 e. The molecule has 4 rings (SSSR count). The monoisotopic (exact) mass is 625 g/mol. The van der Waals surface area contributed by atoms with Gasteiger partial charge in [0.05, 0.1) is 23.4 Å². The molecular formula is C26H32ClN5O7S2. The van der Waals surface area contributed by atoms with Gasteiger partial charge in [0.2, 0.25) is 15.9 Å². The lowest BCUT2D eigenvalue weighted by molar-refractivity contribution is -0.149. The van der Waals surface area contributed by atoms with Crippen LogP contribution in [0.3, 0.4) is 0 Å². The van der Waals surface area contributed by atoms with Crippen molar-refractivity contribution in [3.63, 3.8) is 0 Å². The molecular weight excluding hydrogens is 594 g/mol. The maximum atomic E-state index is 12.9. The van der Waals surface area contributed by atoms with Crippen LogP contribution in [0.25, 0.3) is 0 Å². The molecule has 0 saturated carbocycles. The van der Waals surface area contributed by atoms with E-state index >= 15 is 0 Å². The Morgan fingerprint density at radius 3 is 2.56 bits per heavy atom. The van der Waals surface area contributed by atoms with E-state index in [1.54, 1.807) is 30.3 Å². The number of aryl methyl sites for hydroxylation is 1. The van der Waals surface area contributed by atoms with Crippen molar-refractivity contribution in [2.75, 3.05) is 18.5 Å². The van der Waals surface area contributed by atoms with Crippen molar-refractivity contribution < 1.29 is 33.0 Å². The van der Waals surface area contributed by atoms with Crippen LogP contribution in [0, 0.1) is 0 Å². The number of benzene rings is 2. The van der Waals surface area contributed by atoms with Crippen molar-refractivity contribution in [1.82, 2.24) is 19.7 Å². The van der Waals surface area contributed by atoms with Gasteiger partial charge < -0.3 is 20.4 Å². The molecule has 1 saturated heterocycles. The van der Waals surface area contributed by atoms with Crippen LogP contribution in [-0.2, 0) is 37.4 Å². The standard InChI is InChI=1S/C26H32ClN5O7S2/c1-15(24(33)32-10-2-3-21(32)26(36)37)31-19(25(34)35)9-8-16-4-6-17(7-5-16)13-30-41(38,39)23-12-22-20(11-18(23)27)28-14-29-40-22/h4-7,11-12,15,19,21,28-31H,2-3,8-10,13-14H2,1H3,(H,34,35)(H,36,37)/t15-,19?,21-/m0/s1. The second kappa shape index (κ2) is 13.4. The Hall–Kier alpha value is -2.88. The lowest BCUT2D eigenvalue weighted by atomic mass is 10.0. The van der Waals surface area contributed by atoms with Gasteiger partial charge in [-0.3, -0.25) is 14.9 Å². The van der Waals surface area contributed by atoms with Gasteiger partial charge in [-0.05, 0) is 67.8 Å². The quantitative estimate of drug-likeness (QED) is 0.191. The fraction of sp³-hybridized carbons (Fsp3) is 0.423. The number of likely N-dealkylation sites (tertiary alicyclic amines) is 1. The van der Waals surface area contributed by atoms with E-state index in [4.69, 9.17) is 11.6 Å². The summed E-state index contributed by atoms with van der Waals surface area (Å²) in [6.07, 6.45) is 1.55. The van der Waals surface area contributed by atoms with Crippen molar-refractivity contribution in [2.24, 2.45) is 0 Å². The molecule has 2 aromatic carbocycles. The average molecular weight is 626 g/mol. The van der Waals surface area contributed by atoms with Crippen molar-refractivity contribution in [2.45, 2.75) is 67.1 Å². The number of nitrogens with zero attached hydrogens (tertiary/aromatic N) is 1. The first-order chi connectivity index (χ1) is 19.5. The summed E-state index contributed by atoms with van der Waals surface area (Å²) >= 11 is 7.57. The number of carbonyl (C=O) groups is 3. The Kier molecular flexibility index (Phi) is 10.2.